The molecule has 1 atom stereocenters. The summed E-state index contributed by atoms with van der Waals surface area (Å²) in [4.78, 5) is 35.3. The van der Waals surface area contributed by atoms with E-state index < -0.39 is 28.6 Å². The molecule has 0 saturated heterocycles. The molecule has 2 rings (SSSR count). The van der Waals surface area contributed by atoms with Gasteiger partial charge in [-0.15, -0.1) is 0 Å². The molecular formula is C20H22N2O6. The predicted molar refractivity (Wildman–Crippen MR) is 102 cm³/mol. The summed E-state index contributed by atoms with van der Waals surface area (Å²) in [7, 11) is 0. The number of carbonyl (C=O) groups is 2. The van der Waals surface area contributed by atoms with Gasteiger partial charge in [0, 0.05) is 12.5 Å². The van der Waals surface area contributed by atoms with Crippen LogP contribution in [0.5, 0.6) is 5.75 Å². The number of esters is 1. The third kappa shape index (κ3) is 6.39. The average molecular weight is 386 g/mol. The second kappa shape index (κ2) is 8.98. The van der Waals surface area contributed by atoms with Crippen LogP contribution < -0.4 is 10.1 Å². The van der Waals surface area contributed by atoms with Crippen molar-refractivity contribution in [2.75, 3.05) is 0 Å². The van der Waals surface area contributed by atoms with Crippen LogP contribution >= 0.6 is 0 Å². The lowest BCUT2D eigenvalue weighted by Crippen LogP contribution is -2.46. The third-order valence-electron chi connectivity index (χ3n) is 3.53. The highest BCUT2D eigenvalue weighted by molar-refractivity contribution is 5.84. The predicted octanol–water partition coefficient (Wildman–Crippen LogP) is 3.64. The lowest BCUT2D eigenvalue weighted by Gasteiger charge is -2.23. The van der Waals surface area contributed by atoms with Crippen LogP contribution in [0.3, 0.4) is 0 Å². The maximum Gasteiger partial charge on any atom is 0.408 e. The summed E-state index contributed by atoms with van der Waals surface area (Å²) >= 11 is 0. The number of nitrogens with zero attached hydrogens (tertiary/aromatic N) is 1. The normalized spacial score (nSPS) is 12.0. The highest BCUT2D eigenvalue weighted by Gasteiger charge is 2.28. The topological polar surface area (TPSA) is 108 Å². The van der Waals surface area contributed by atoms with Gasteiger partial charge in [0.05, 0.1) is 4.92 Å². The Balaban J connectivity index is 2.21. The van der Waals surface area contributed by atoms with Crippen molar-refractivity contribution >= 4 is 17.7 Å². The quantitative estimate of drug-likeness (QED) is 0.351. The van der Waals surface area contributed by atoms with Crippen molar-refractivity contribution < 1.29 is 24.0 Å². The number of hydrogen-bond acceptors (Lipinski definition) is 6. The van der Waals surface area contributed by atoms with Gasteiger partial charge in [0.15, 0.2) is 0 Å². The Bertz CT molecular complexity index is 845. The highest BCUT2D eigenvalue weighted by Crippen LogP contribution is 2.26. The molecule has 8 heteroatoms. The minimum atomic E-state index is -1.09. The largest absolute Gasteiger partial charge is 0.444 e. The van der Waals surface area contributed by atoms with E-state index in [0.717, 1.165) is 5.56 Å². The van der Waals surface area contributed by atoms with E-state index in [0.29, 0.717) is 0 Å². The van der Waals surface area contributed by atoms with E-state index in [9.17, 15) is 19.7 Å². The summed E-state index contributed by atoms with van der Waals surface area (Å²) in [5.41, 5.74) is -0.307. The summed E-state index contributed by atoms with van der Waals surface area (Å²) in [5, 5.41) is 13.6. The number of carbonyl (C=O) groups excluding carboxylic acids is 2. The van der Waals surface area contributed by atoms with Crippen LogP contribution in [0.25, 0.3) is 0 Å². The van der Waals surface area contributed by atoms with Crippen molar-refractivity contribution in [3.05, 3.63) is 70.3 Å². The van der Waals surface area contributed by atoms with E-state index in [-0.39, 0.29) is 17.9 Å². The molecule has 0 aliphatic carbocycles. The lowest BCUT2D eigenvalue weighted by molar-refractivity contribution is -0.385. The monoisotopic (exact) mass is 386 g/mol. The standard InChI is InChI=1S/C20H22N2O6/c1-20(2,3)28-19(24)21-15(13-14-9-5-4-6-10-14)18(23)27-17-12-8-7-11-16(17)22(25)26/h4-12,15H,13H2,1-3H3,(H,21,24). The number of alkyl carbamates (subject to hydrolysis) is 1. The van der Waals surface area contributed by atoms with Crippen molar-refractivity contribution in [1.29, 1.82) is 0 Å². The fourth-order valence-electron chi connectivity index (χ4n) is 2.37. The van der Waals surface area contributed by atoms with E-state index in [1.807, 2.05) is 6.07 Å². The Kier molecular flexibility index (Phi) is 6.70. The van der Waals surface area contributed by atoms with Gasteiger partial charge in [-0.2, -0.15) is 0 Å². The first kappa shape index (κ1) is 20.9. The molecule has 8 nitrogen and oxygen atoms in total. The van der Waals surface area contributed by atoms with Crippen LogP contribution in [0, 0.1) is 10.1 Å². The summed E-state index contributed by atoms with van der Waals surface area (Å²) in [6, 6.07) is 13.5. The highest BCUT2D eigenvalue weighted by atomic mass is 16.6. The maximum atomic E-state index is 12.7. The first-order valence-electron chi connectivity index (χ1n) is 8.64. The number of amides is 1. The molecule has 1 N–H and O–H groups in total. The van der Waals surface area contributed by atoms with Crippen LogP contribution in [0.1, 0.15) is 26.3 Å². The van der Waals surface area contributed by atoms with E-state index in [4.69, 9.17) is 9.47 Å². The van der Waals surface area contributed by atoms with Gasteiger partial charge in [-0.3, -0.25) is 10.1 Å². The van der Waals surface area contributed by atoms with E-state index in [2.05, 4.69) is 5.32 Å². The van der Waals surface area contributed by atoms with Gasteiger partial charge in [0.25, 0.3) is 0 Å². The zero-order valence-corrected chi connectivity index (χ0v) is 15.9. The van der Waals surface area contributed by atoms with Gasteiger partial charge in [0.1, 0.15) is 11.6 Å². The smallest absolute Gasteiger partial charge is 0.408 e. The maximum absolute atomic E-state index is 12.7. The van der Waals surface area contributed by atoms with Gasteiger partial charge in [-0.05, 0) is 32.4 Å². The fourth-order valence-corrected chi connectivity index (χ4v) is 2.37. The number of nitro benzene ring substituents is 1. The summed E-state index contributed by atoms with van der Waals surface area (Å²) in [6.45, 7) is 5.10. The molecule has 0 aliphatic heterocycles. The average Bonchev–Trinajstić information content (AvgIpc) is 2.60. The van der Waals surface area contributed by atoms with Crippen LogP contribution in [0.4, 0.5) is 10.5 Å². The third-order valence-corrected chi connectivity index (χ3v) is 3.53. The summed E-state index contributed by atoms with van der Waals surface area (Å²) in [6.07, 6.45) is -0.646. The summed E-state index contributed by atoms with van der Waals surface area (Å²) < 4.78 is 10.4. The zero-order valence-electron chi connectivity index (χ0n) is 15.9. The van der Waals surface area contributed by atoms with Gasteiger partial charge in [0.2, 0.25) is 5.75 Å². The molecule has 28 heavy (non-hydrogen) atoms. The van der Waals surface area contributed by atoms with E-state index in [1.54, 1.807) is 45.0 Å². The first-order valence-corrected chi connectivity index (χ1v) is 8.64. The summed E-state index contributed by atoms with van der Waals surface area (Å²) in [5.74, 6) is -1.02. The van der Waals surface area contributed by atoms with Gasteiger partial charge >= 0.3 is 17.7 Å². The van der Waals surface area contributed by atoms with Crippen molar-refractivity contribution in [2.45, 2.75) is 38.8 Å². The molecule has 0 aromatic heterocycles. The van der Waals surface area contributed by atoms with Crippen LogP contribution in [0.2, 0.25) is 0 Å². The van der Waals surface area contributed by atoms with Crippen LogP contribution in [-0.2, 0) is 16.0 Å². The van der Waals surface area contributed by atoms with E-state index >= 15 is 0 Å². The van der Waals surface area contributed by atoms with Crippen molar-refractivity contribution in [3.63, 3.8) is 0 Å². The number of benzene rings is 2. The van der Waals surface area contributed by atoms with Crippen molar-refractivity contribution in [2.24, 2.45) is 0 Å². The second-order valence-electron chi connectivity index (χ2n) is 7.03. The Hall–Kier alpha value is -3.42. The molecule has 0 fully saturated rings. The Morgan fingerprint density at radius 3 is 2.29 bits per heavy atom. The molecule has 148 valence electrons. The lowest BCUT2D eigenvalue weighted by atomic mass is 10.1. The number of para-hydroxylation sites is 2. The Labute approximate surface area is 162 Å². The second-order valence-corrected chi connectivity index (χ2v) is 7.03. The number of nitro groups is 1. The fraction of sp³-hybridized carbons (Fsp3) is 0.300. The molecule has 0 saturated carbocycles. The first-order chi connectivity index (χ1) is 13.2. The minimum Gasteiger partial charge on any atom is -0.444 e. The SMILES string of the molecule is CC(C)(C)OC(=O)NC(Cc1ccccc1)C(=O)Oc1ccccc1[N+](=O)[O-]. The molecule has 0 bridgehead atoms. The van der Waals surface area contributed by atoms with Gasteiger partial charge in [-0.25, -0.2) is 9.59 Å². The molecular weight excluding hydrogens is 364 g/mol. The van der Waals surface area contributed by atoms with Crippen molar-refractivity contribution in [1.82, 2.24) is 5.32 Å². The van der Waals surface area contributed by atoms with Crippen LogP contribution in [-0.4, -0.2) is 28.6 Å². The van der Waals surface area contributed by atoms with Crippen molar-refractivity contribution in [3.8, 4) is 5.75 Å². The number of rotatable bonds is 6. The molecule has 0 radical (unpaired) electrons. The Morgan fingerprint density at radius 1 is 1.07 bits per heavy atom. The van der Waals surface area contributed by atoms with E-state index in [1.165, 1.54) is 24.3 Å². The molecule has 0 spiro atoms. The molecule has 2 aromatic rings. The molecule has 2 aromatic carbocycles. The molecule has 0 heterocycles. The molecule has 1 unspecified atom stereocenters. The molecule has 0 aliphatic rings. The molecule has 1 amide bonds. The van der Waals surface area contributed by atoms with Gasteiger partial charge in [-0.1, -0.05) is 42.5 Å². The Morgan fingerprint density at radius 2 is 1.68 bits per heavy atom. The number of ether oxygens (including phenoxy) is 2. The zero-order chi connectivity index (χ0) is 20.7. The van der Waals surface area contributed by atoms with Crippen LogP contribution in [0.15, 0.2) is 54.6 Å². The minimum absolute atomic E-state index is 0.138. The number of hydrogen-bond donors (Lipinski definition) is 1. The number of nitrogens with one attached hydrogen (secondary N) is 1. The van der Waals surface area contributed by atoms with Gasteiger partial charge < -0.3 is 14.8 Å².